The minimum absolute atomic E-state index is 0.0814. The molecule has 2 aromatic heterocycles. The third-order valence-electron chi connectivity index (χ3n) is 3.00. The predicted molar refractivity (Wildman–Crippen MR) is 81.4 cm³/mol. The molecule has 0 bridgehead atoms. The molecule has 0 aliphatic heterocycles. The molecule has 0 unspecified atom stereocenters. The first kappa shape index (κ1) is 12.7. The van der Waals surface area contributed by atoms with Crippen LogP contribution in [0.15, 0.2) is 64.5 Å². The standard InChI is InChI=1S/C15H13N3OS/c1-20-13-6-2-5-12(8-13)18-15(19)9-14(17-18)11-4-3-7-16-10-11/h2-10,17H,1H3. The number of aromatic amines is 1. The van der Waals surface area contributed by atoms with E-state index in [0.717, 1.165) is 21.8 Å². The Bertz CT molecular complexity index is 777. The van der Waals surface area contributed by atoms with Gasteiger partial charge in [0.15, 0.2) is 0 Å². The van der Waals surface area contributed by atoms with Crippen LogP contribution >= 0.6 is 11.8 Å². The Morgan fingerprint density at radius 2 is 2.10 bits per heavy atom. The number of H-pyrrole nitrogens is 1. The highest BCUT2D eigenvalue weighted by atomic mass is 32.2. The van der Waals surface area contributed by atoms with Crippen molar-refractivity contribution in [3.8, 4) is 16.9 Å². The largest absolute Gasteiger partial charge is 0.290 e. The van der Waals surface area contributed by atoms with Gasteiger partial charge in [0.1, 0.15) is 0 Å². The van der Waals surface area contributed by atoms with Crippen molar-refractivity contribution in [3.63, 3.8) is 0 Å². The van der Waals surface area contributed by atoms with Crippen LogP contribution in [-0.2, 0) is 0 Å². The Hall–Kier alpha value is -2.27. The Balaban J connectivity index is 2.07. The summed E-state index contributed by atoms with van der Waals surface area (Å²) in [5.41, 5.74) is 2.40. The summed E-state index contributed by atoms with van der Waals surface area (Å²) in [5, 5.41) is 3.12. The van der Waals surface area contributed by atoms with E-state index in [1.165, 1.54) is 0 Å². The fraction of sp³-hybridized carbons (Fsp3) is 0.0667. The molecule has 0 spiro atoms. The van der Waals surface area contributed by atoms with Crippen LogP contribution in [0, 0.1) is 0 Å². The third kappa shape index (κ3) is 2.40. The van der Waals surface area contributed by atoms with Crippen LogP contribution in [0.25, 0.3) is 16.9 Å². The number of pyridine rings is 1. The van der Waals surface area contributed by atoms with Gasteiger partial charge in [-0.25, -0.2) is 4.68 Å². The van der Waals surface area contributed by atoms with Gasteiger partial charge in [0.05, 0.1) is 11.4 Å². The molecule has 0 amide bonds. The zero-order valence-corrected chi connectivity index (χ0v) is 11.7. The highest BCUT2D eigenvalue weighted by Crippen LogP contribution is 2.19. The Labute approximate surface area is 120 Å². The molecule has 3 aromatic rings. The highest BCUT2D eigenvalue weighted by Gasteiger charge is 2.07. The molecule has 0 atom stereocenters. The first-order valence-corrected chi connectivity index (χ1v) is 7.37. The number of nitrogens with zero attached hydrogens (tertiary/aromatic N) is 2. The molecule has 20 heavy (non-hydrogen) atoms. The van der Waals surface area contributed by atoms with Crippen LogP contribution in [0.4, 0.5) is 0 Å². The van der Waals surface area contributed by atoms with Crippen LogP contribution in [0.1, 0.15) is 0 Å². The highest BCUT2D eigenvalue weighted by molar-refractivity contribution is 7.98. The van der Waals surface area contributed by atoms with Crippen LogP contribution < -0.4 is 5.56 Å². The smallest absolute Gasteiger partial charge is 0.271 e. The van der Waals surface area contributed by atoms with Crippen LogP contribution in [0.5, 0.6) is 0 Å². The molecule has 100 valence electrons. The fourth-order valence-corrected chi connectivity index (χ4v) is 2.46. The molecular weight excluding hydrogens is 270 g/mol. The van der Waals surface area contributed by atoms with E-state index in [1.54, 1.807) is 34.9 Å². The van der Waals surface area contributed by atoms with E-state index in [2.05, 4.69) is 10.1 Å². The zero-order chi connectivity index (χ0) is 13.9. The molecular formula is C15H13N3OS. The molecule has 2 heterocycles. The molecule has 3 rings (SSSR count). The van der Waals surface area contributed by atoms with Crippen LogP contribution in [-0.4, -0.2) is 21.0 Å². The molecule has 4 nitrogen and oxygen atoms in total. The van der Waals surface area contributed by atoms with Crippen molar-refractivity contribution in [1.82, 2.24) is 14.8 Å². The van der Waals surface area contributed by atoms with E-state index in [-0.39, 0.29) is 5.56 Å². The van der Waals surface area contributed by atoms with Gasteiger partial charge in [-0.2, -0.15) is 0 Å². The SMILES string of the molecule is CSc1cccc(-n2[nH]c(-c3cccnc3)cc2=O)c1. The van der Waals surface area contributed by atoms with Crippen molar-refractivity contribution in [2.24, 2.45) is 0 Å². The quantitative estimate of drug-likeness (QED) is 0.752. The number of hydrogen-bond donors (Lipinski definition) is 1. The van der Waals surface area contributed by atoms with Crippen LogP contribution in [0.2, 0.25) is 0 Å². The molecule has 5 heteroatoms. The lowest BCUT2D eigenvalue weighted by Gasteiger charge is -2.04. The average Bonchev–Trinajstić information content (AvgIpc) is 2.90. The topological polar surface area (TPSA) is 50.7 Å². The molecule has 1 N–H and O–H groups in total. The maximum absolute atomic E-state index is 12.1. The zero-order valence-electron chi connectivity index (χ0n) is 10.9. The Morgan fingerprint density at radius 1 is 1.20 bits per heavy atom. The Kier molecular flexibility index (Phi) is 3.43. The number of aromatic nitrogens is 3. The second-order valence-electron chi connectivity index (χ2n) is 4.29. The summed E-state index contributed by atoms with van der Waals surface area (Å²) >= 11 is 1.65. The van der Waals surface area contributed by atoms with E-state index < -0.39 is 0 Å². The summed E-state index contributed by atoms with van der Waals surface area (Å²) in [4.78, 5) is 17.3. The lowest BCUT2D eigenvalue weighted by Crippen LogP contribution is -2.13. The first-order valence-electron chi connectivity index (χ1n) is 6.15. The maximum atomic E-state index is 12.1. The minimum Gasteiger partial charge on any atom is -0.290 e. The van der Waals surface area contributed by atoms with Crippen molar-refractivity contribution in [3.05, 3.63) is 65.2 Å². The summed E-state index contributed by atoms with van der Waals surface area (Å²) in [6.07, 6.45) is 5.45. The van der Waals surface area contributed by atoms with Gasteiger partial charge in [0.2, 0.25) is 0 Å². The van der Waals surface area contributed by atoms with Gasteiger partial charge in [-0.15, -0.1) is 11.8 Å². The maximum Gasteiger partial charge on any atom is 0.271 e. The van der Waals surface area contributed by atoms with E-state index >= 15 is 0 Å². The molecule has 0 radical (unpaired) electrons. The van der Waals surface area contributed by atoms with Gasteiger partial charge >= 0.3 is 0 Å². The van der Waals surface area contributed by atoms with E-state index in [0.29, 0.717) is 0 Å². The van der Waals surface area contributed by atoms with E-state index in [9.17, 15) is 4.79 Å². The van der Waals surface area contributed by atoms with Gasteiger partial charge < -0.3 is 0 Å². The summed E-state index contributed by atoms with van der Waals surface area (Å²) < 4.78 is 1.54. The first-order chi connectivity index (χ1) is 9.78. The van der Waals surface area contributed by atoms with Crippen molar-refractivity contribution in [2.45, 2.75) is 4.90 Å². The molecule has 0 saturated heterocycles. The lowest BCUT2D eigenvalue weighted by molar-refractivity contribution is 0.849. The summed E-state index contributed by atoms with van der Waals surface area (Å²) in [6.45, 7) is 0. The second-order valence-corrected chi connectivity index (χ2v) is 5.17. The monoisotopic (exact) mass is 283 g/mol. The summed E-state index contributed by atoms with van der Waals surface area (Å²) in [6, 6.07) is 13.2. The summed E-state index contributed by atoms with van der Waals surface area (Å²) in [5.74, 6) is 0. The minimum atomic E-state index is -0.0814. The van der Waals surface area contributed by atoms with Gasteiger partial charge in [0.25, 0.3) is 5.56 Å². The lowest BCUT2D eigenvalue weighted by atomic mass is 10.2. The average molecular weight is 283 g/mol. The van der Waals surface area contributed by atoms with Gasteiger partial charge in [0, 0.05) is 28.9 Å². The van der Waals surface area contributed by atoms with Gasteiger partial charge in [-0.05, 0) is 36.6 Å². The number of benzene rings is 1. The van der Waals surface area contributed by atoms with Gasteiger partial charge in [-0.3, -0.25) is 14.9 Å². The van der Waals surface area contributed by atoms with Crippen molar-refractivity contribution in [2.75, 3.05) is 6.26 Å². The number of nitrogens with one attached hydrogen (secondary N) is 1. The molecule has 1 aromatic carbocycles. The van der Waals surface area contributed by atoms with Crippen LogP contribution in [0.3, 0.4) is 0 Å². The molecule has 0 aliphatic rings. The summed E-state index contributed by atoms with van der Waals surface area (Å²) in [7, 11) is 0. The number of rotatable bonds is 3. The van der Waals surface area contributed by atoms with E-state index in [1.807, 2.05) is 42.7 Å². The van der Waals surface area contributed by atoms with E-state index in [4.69, 9.17) is 0 Å². The van der Waals surface area contributed by atoms with Crippen molar-refractivity contribution >= 4 is 11.8 Å². The third-order valence-corrected chi connectivity index (χ3v) is 3.73. The molecule has 0 aliphatic carbocycles. The number of hydrogen-bond acceptors (Lipinski definition) is 3. The van der Waals surface area contributed by atoms with Crippen molar-refractivity contribution < 1.29 is 0 Å². The predicted octanol–water partition coefficient (Wildman–Crippen LogP) is 2.95. The fourth-order valence-electron chi connectivity index (χ4n) is 2.01. The normalized spacial score (nSPS) is 10.7. The van der Waals surface area contributed by atoms with Gasteiger partial charge in [-0.1, -0.05) is 6.07 Å². The second kappa shape index (κ2) is 5.38. The molecule has 0 fully saturated rings. The number of thioether (sulfide) groups is 1. The van der Waals surface area contributed by atoms with Crippen molar-refractivity contribution in [1.29, 1.82) is 0 Å². The molecule has 0 saturated carbocycles. The Morgan fingerprint density at radius 3 is 2.85 bits per heavy atom.